The second-order valence-electron chi connectivity index (χ2n) is 5.69. The molecule has 2 N–H and O–H groups in total. The molecule has 0 aromatic heterocycles. The molecule has 0 saturated carbocycles. The highest BCUT2D eigenvalue weighted by Crippen LogP contribution is 2.28. The van der Waals surface area contributed by atoms with Crippen LogP contribution in [0.4, 0.5) is 0 Å². The number of benzene rings is 1. The first-order chi connectivity index (χ1) is 9.76. The minimum Gasteiger partial charge on any atom is -0.494 e. The molecule has 20 heavy (non-hydrogen) atoms. The van der Waals surface area contributed by atoms with Crippen LogP contribution in [0.2, 0.25) is 0 Å². The van der Waals surface area contributed by atoms with Gasteiger partial charge in [-0.1, -0.05) is 25.0 Å². The average molecular weight is 276 g/mol. The predicted molar refractivity (Wildman–Crippen MR) is 84.0 cm³/mol. The third-order valence-corrected chi connectivity index (χ3v) is 4.30. The van der Waals surface area contributed by atoms with Crippen LogP contribution in [0.3, 0.4) is 0 Å². The van der Waals surface area contributed by atoms with Gasteiger partial charge in [0.25, 0.3) is 0 Å². The zero-order chi connectivity index (χ0) is 14.4. The van der Waals surface area contributed by atoms with Gasteiger partial charge in [-0.25, -0.2) is 0 Å². The van der Waals surface area contributed by atoms with Crippen molar-refractivity contribution in [1.29, 1.82) is 0 Å². The van der Waals surface area contributed by atoms with Crippen molar-refractivity contribution < 1.29 is 4.74 Å². The number of hydrogen-bond acceptors (Lipinski definition) is 3. The van der Waals surface area contributed by atoms with Gasteiger partial charge in [-0.3, -0.25) is 4.90 Å². The Morgan fingerprint density at radius 2 is 2.00 bits per heavy atom. The van der Waals surface area contributed by atoms with Crippen molar-refractivity contribution in [3.8, 4) is 5.75 Å². The maximum absolute atomic E-state index is 6.07. The monoisotopic (exact) mass is 276 g/mol. The molecule has 112 valence electrons. The third-order valence-electron chi connectivity index (χ3n) is 4.30. The standard InChI is InChI=1S/C17H28N2O/c1-3-20-16-10-8-15(9-11-16)17(13-18)19-12-6-4-5-7-14(19)2/h8-11,14,17H,3-7,12-13,18H2,1-2H3. The van der Waals surface area contributed by atoms with Gasteiger partial charge in [0, 0.05) is 18.6 Å². The van der Waals surface area contributed by atoms with Crippen LogP contribution in [-0.2, 0) is 0 Å². The van der Waals surface area contributed by atoms with Crippen molar-refractivity contribution in [2.24, 2.45) is 5.73 Å². The van der Waals surface area contributed by atoms with Crippen LogP contribution < -0.4 is 10.5 Å². The summed E-state index contributed by atoms with van der Waals surface area (Å²) in [5.41, 5.74) is 7.38. The van der Waals surface area contributed by atoms with Crippen molar-refractivity contribution in [3.05, 3.63) is 29.8 Å². The number of rotatable bonds is 5. The van der Waals surface area contributed by atoms with Crippen LogP contribution in [0.1, 0.15) is 51.1 Å². The summed E-state index contributed by atoms with van der Waals surface area (Å²) in [5, 5.41) is 0. The van der Waals surface area contributed by atoms with Crippen LogP contribution in [0.25, 0.3) is 0 Å². The van der Waals surface area contributed by atoms with Crippen molar-refractivity contribution in [2.75, 3.05) is 19.7 Å². The summed E-state index contributed by atoms with van der Waals surface area (Å²) in [4.78, 5) is 2.59. The minimum absolute atomic E-state index is 0.332. The molecule has 0 radical (unpaired) electrons. The molecule has 2 rings (SSSR count). The summed E-state index contributed by atoms with van der Waals surface area (Å²) >= 11 is 0. The molecule has 1 fully saturated rings. The second kappa shape index (κ2) is 7.65. The molecular weight excluding hydrogens is 248 g/mol. The molecule has 0 bridgehead atoms. The molecule has 3 nitrogen and oxygen atoms in total. The minimum atomic E-state index is 0.332. The van der Waals surface area contributed by atoms with E-state index >= 15 is 0 Å². The van der Waals surface area contributed by atoms with Gasteiger partial charge < -0.3 is 10.5 Å². The van der Waals surface area contributed by atoms with Crippen LogP contribution in [0, 0.1) is 0 Å². The Labute approximate surface area is 123 Å². The Kier molecular flexibility index (Phi) is 5.86. The Morgan fingerprint density at radius 3 is 2.65 bits per heavy atom. The Balaban J connectivity index is 2.13. The molecule has 0 amide bonds. The van der Waals surface area contributed by atoms with Gasteiger partial charge >= 0.3 is 0 Å². The molecule has 2 atom stereocenters. The lowest BCUT2D eigenvalue weighted by molar-refractivity contribution is 0.150. The molecule has 1 aromatic rings. The van der Waals surface area contributed by atoms with E-state index < -0.39 is 0 Å². The zero-order valence-corrected chi connectivity index (χ0v) is 12.8. The van der Waals surface area contributed by atoms with E-state index in [9.17, 15) is 0 Å². The lowest BCUT2D eigenvalue weighted by Crippen LogP contribution is -2.39. The van der Waals surface area contributed by atoms with Crippen molar-refractivity contribution in [2.45, 2.75) is 51.6 Å². The fraction of sp³-hybridized carbons (Fsp3) is 0.647. The van der Waals surface area contributed by atoms with E-state index in [0.717, 1.165) is 12.3 Å². The molecule has 1 aromatic carbocycles. The molecular formula is C17H28N2O. The predicted octanol–water partition coefficient (Wildman–Crippen LogP) is 3.35. The van der Waals surface area contributed by atoms with Crippen LogP contribution in [0.15, 0.2) is 24.3 Å². The highest BCUT2D eigenvalue weighted by Gasteiger charge is 2.25. The molecule has 0 aliphatic carbocycles. The topological polar surface area (TPSA) is 38.5 Å². The molecule has 0 spiro atoms. The number of ether oxygens (including phenoxy) is 1. The van der Waals surface area contributed by atoms with Gasteiger partial charge in [0.2, 0.25) is 0 Å². The number of nitrogens with two attached hydrogens (primary N) is 1. The summed E-state index contributed by atoms with van der Waals surface area (Å²) in [5.74, 6) is 0.941. The first-order valence-corrected chi connectivity index (χ1v) is 7.94. The lowest BCUT2D eigenvalue weighted by Gasteiger charge is -2.35. The Morgan fingerprint density at radius 1 is 1.25 bits per heavy atom. The van der Waals surface area contributed by atoms with Crippen LogP contribution in [-0.4, -0.2) is 30.6 Å². The van der Waals surface area contributed by atoms with Gasteiger partial charge in [0.05, 0.1) is 6.61 Å². The lowest BCUT2D eigenvalue weighted by atomic mass is 10.0. The molecule has 3 heteroatoms. The number of hydrogen-bond donors (Lipinski definition) is 1. The SMILES string of the molecule is CCOc1ccc(C(CN)N2CCCCCC2C)cc1. The molecule has 2 unspecified atom stereocenters. The van der Waals surface area contributed by atoms with Gasteiger partial charge in [-0.15, -0.1) is 0 Å². The van der Waals surface area contributed by atoms with E-state index in [-0.39, 0.29) is 0 Å². The highest BCUT2D eigenvalue weighted by atomic mass is 16.5. The summed E-state index contributed by atoms with van der Waals surface area (Å²) in [6.45, 7) is 6.90. The van der Waals surface area contributed by atoms with Gasteiger partial charge in [0.1, 0.15) is 5.75 Å². The van der Waals surface area contributed by atoms with E-state index in [1.165, 1.54) is 31.2 Å². The maximum atomic E-state index is 6.07. The van der Waals surface area contributed by atoms with E-state index in [1.807, 2.05) is 6.92 Å². The zero-order valence-electron chi connectivity index (χ0n) is 12.8. The molecule has 1 aliphatic heterocycles. The summed E-state index contributed by atoms with van der Waals surface area (Å²) in [6, 6.07) is 9.41. The van der Waals surface area contributed by atoms with Crippen LogP contribution >= 0.6 is 0 Å². The van der Waals surface area contributed by atoms with Crippen molar-refractivity contribution >= 4 is 0 Å². The van der Waals surface area contributed by atoms with Gasteiger partial charge in [-0.2, -0.15) is 0 Å². The number of nitrogens with zero attached hydrogens (tertiary/aromatic N) is 1. The summed E-state index contributed by atoms with van der Waals surface area (Å²) in [6.07, 6.45) is 5.27. The van der Waals surface area contributed by atoms with Crippen molar-refractivity contribution in [1.82, 2.24) is 4.90 Å². The molecule has 1 saturated heterocycles. The fourth-order valence-electron chi connectivity index (χ4n) is 3.18. The van der Waals surface area contributed by atoms with Gasteiger partial charge in [-0.05, 0) is 50.9 Å². The van der Waals surface area contributed by atoms with Crippen LogP contribution in [0.5, 0.6) is 5.75 Å². The van der Waals surface area contributed by atoms with E-state index in [2.05, 4.69) is 36.1 Å². The first-order valence-electron chi connectivity index (χ1n) is 7.94. The van der Waals surface area contributed by atoms with E-state index in [4.69, 9.17) is 10.5 Å². The summed E-state index contributed by atoms with van der Waals surface area (Å²) < 4.78 is 5.52. The van der Waals surface area contributed by atoms with E-state index in [0.29, 0.717) is 25.2 Å². The smallest absolute Gasteiger partial charge is 0.119 e. The average Bonchev–Trinajstić information content (AvgIpc) is 2.67. The second-order valence-corrected chi connectivity index (χ2v) is 5.69. The Hall–Kier alpha value is -1.06. The summed E-state index contributed by atoms with van der Waals surface area (Å²) in [7, 11) is 0. The largest absolute Gasteiger partial charge is 0.494 e. The normalized spacial score (nSPS) is 22.2. The molecule has 1 heterocycles. The van der Waals surface area contributed by atoms with Crippen molar-refractivity contribution in [3.63, 3.8) is 0 Å². The molecule has 1 aliphatic rings. The first kappa shape index (κ1) is 15.3. The quantitative estimate of drug-likeness (QED) is 0.896. The Bertz CT molecular complexity index is 390. The van der Waals surface area contributed by atoms with Gasteiger partial charge in [0.15, 0.2) is 0 Å². The fourth-order valence-corrected chi connectivity index (χ4v) is 3.18. The van der Waals surface area contributed by atoms with E-state index in [1.54, 1.807) is 0 Å². The highest BCUT2D eigenvalue weighted by molar-refractivity contribution is 5.29. The maximum Gasteiger partial charge on any atom is 0.119 e. The third kappa shape index (κ3) is 3.74. The number of likely N-dealkylation sites (tertiary alicyclic amines) is 1.